The number of amides is 1. The average molecular weight is 414 g/mol. The molecule has 6 heteroatoms. The number of hydrogen-bond acceptors (Lipinski definition) is 3. The maximum absolute atomic E-state index is 13.1. The van der Waals surface area contributed by atoms with Crippen molar-refractivity contribution in [3.63, 3.8) is 0 Å². The molecule has 5 nitrogen and oxygen atoms in total. The Balaban J connectivity index is 1.78. The number of unbranched alkanes of at least 4 members (excludes halogenated alkanes) is 5. The van der Waals surface area contributed by atoms with Gasteiger partial charge >= 0.3 is 5.97 Å². The Hall–Kier alpha value is -2.47. The van der Waals surface area contributed by atoms with Gasteiger partial charge in [-0.3, -0.25) is 4.79 Å². The Kier molecular flexibility index (Phi) is 7.20. The number of carboxylic acid groups (broad SMARTS) is 1. The molecule has 1 aliphatic heterocycles. The molecule has 0 radical (unpaired) electrons. The zero-order chi connectivity index (χ0) is 20.8. The standard InChI is InChI=1S/C23H27NO4S/c1-2-3-4-5-6-9-14-24-22(25)18-13-12-17-15-16-10-7-8-11-19(16)29(28)21(17)20(18)23(26)27/h7-8,10-13H,2-6,9,14-15H2,1H3,(H,24,25)(H,26,27). The van der Waals surface area contributed by atoms with Crippen LogP contribution in [0.15, 0.2) is 46.2 Å². The lowest BCUT2D eigenvalue weighted by Gasteiger charge is -2.22. The van der Waals surface area contributed by atoms with Gasteiger partial charge in [-0.1, -0.05) is 63.3 Å². The maximum Gasteiger partial charge on any atom is 0.337 e. The van der Waals surface area contributed by atoms with Crippen molar-refractivity contribution in [2.24, 2.45) is 0 Å². The van der Waals surface area contributed by atoms with Crippen molar-refractivity contribution in [3.8, 4) is 0 Å². The number of carboxylic acids is 1. The van der Waals surface area contributed by atoms with Crippen molar-refractivity contribution in [3.05, 3.63) is 58.7 Å². The van der Waals surface area contributed by atoms with Crippen LogP contribution in [0.5, 0.6) is 0 Å². The van der Waals surface area contributed by atoms with E-state index in [1.54, 1.807) is 24.3 Å². The molecule has 0 aliphatic carbocycles. The highest BCUT2D eigenvalue weighted by Gasteiger charge is 2.30. The highest BCUT2D eigenvalue weighted by atomic mass is 32.2. The molecule has 2 aromatic rings. The summed E-state index contributed by atoms with van der Waals surface area (Å²) in [7, 11) is -1.62. The van der Waals surface area contributed by atoms with E-state index in [1.165, 1.54) is 19.3 Å². The molecular weight excluding hydrogens is 386 g/mol. The molecule has 29 heavy (non-hydrogen) atoms. The molecule has 1 heterocycles. The van der Waals surface area contributed by atoms with Crippen molar-refractivity contribution in [1.82, 2.24) is 5.32 Å². The van der Waals surface area contributed by atoms with Gasteiger partial charge in [0.2, 0.25) is 0 Å². The summed E-state index contributed by atoms with van der Waals surface area (Å²) >= 11 is 0. The zero-order valence-corrected chi connectivity index (χ0v) is 17.5. The number of carbonyl (C=O) groups is 2. The van der Waals surface area contributed by atoms with Gasteiger partial charge in [0, 0.05) is 11.4 Å². The van der Waals surface area contributed by atoms with Crippen LogP contribution in [0.25, 0.3) is 0 Å². The first-order chi connectivity index (χ1) is 14.0. The van der Waals surface area contributed by atoms with Gasteiger partial charge in [0.1, 0.15) is 0 Å². The SMILES string of the molecule is CCCCCCCCNC(=O)c1ccc2c(c1C(=O)O)S(=O)c1ccccc1C2. The smallest absolute Gasteiger partial charge is 0.337 e. The van der Waals surface area contributed by atoms with Crippen LogP contribution in [0.2, 0.25) is 0 Å². The van der Waals surface area contributed by atoms with Crippen LogP contribution >= 0.6 is 0 Å². The molecule has 2 aromatic carbocycles. The van der Waals surface area contributed by atoms with Gasteiger partial charge < -0.3 is 10.4 Å². The van der Waals surface area contributed by atoms with E-state index in [4.69, 9.17) is 0 Å². The minimum atomic E-state index is -1.62. The van der Waals surface area contributed by atoms with E-state index in [1.807, 2.05) is 12.1 Å². The first-order valence-electron chi connectivity index (χ1n) is 10.2. The Bertz CT molecular complexity index is 938. The first-order valence-corrected chi connectivity index (χ1v) is 11.4. The Morgan fingerprint density at radius 1 is 1.00 bits per heavy atom. The second-order valence-electron chi connectivity index (χ2n) is 7.36. The second kappa shape index (κ2) is 9.83. The van der Waals surface area contributed by atoms with Crippen LogP contribution in [0.4, 0.5) is 0 Å². The average Bonchev–Trinajstić information content (AvgIpc) is 2.72. The molecule has 0 fully saturated rings. The monoisotopic (exact) mass is 413 g/mol. The van der Waals surface area contributed by atoms with E-state index in [-0.39, 0.29) is 16.0 Å². The number of aromatic carboxylic acids is 1. The van der Waals surface area contributed by atoms with Gasteiger partial charge in [0.25, 0.3) is 5.91 Å². The molecule has 0 bridgehead atoms. The minimum Gasteiger partial charge on any atom is -0.478 e. The number of rotatable bonds is 9. The van der Waals surface area contributed by atoms with Gasteiger partial charge in [-0.05, 0) is 36.1 Å². The van der Waals surface area contributed by atoms with E-state index in [0.29, 0.717) is 23.4 Å². The summed E-state index contributed by atoms with van der Waals surface area (Å²) in [5, 5.41) is 12.6. The van der Waals surface area contributed by atoms with E-state index < -0.39 is 22.7 Å². The quantitative estimate of drug-likeness (QED) is 0.504. The van der Waals surface area contributed by atoms with Crippen molar-refractivity contribution in [2.45, 2.75) is 61.7 Å². The lowest BCUT2D eigenvalue weighted by atomic mass is 9.97. The molecule has 0 spiro atoms. The third-order valence-electron chi connectivity index (χ3n) is 5.25. The van der Waals surface area contributed by atoms with E-state index in [2.05, 4.69) is 12.2 Å². The summed E-state index contributed by atoms with van der Waals surface area (Å²) in [5.41, 5.74) is 1.56. The van der Waals surface area contributed by atoms with Crippen molar-refractivity contribution < 1.29 is 18.9 Å². The Morgan fingerprint density at radius 3 is 2.48 bits per heavy atom. The predicted molar refractivity (Wildman–Crippen MR) is 113 cm³/mol. The number of carbonyl (C=O) groups excluding carboxylic acids is 1. The molecule has 1 aliphatic rings. The lowest BCUT2D eigenvalue weighted by Crippen LogP contribution is -2.28. The molecular formula is C23H27NO4S. The highest BCUT2D eigenvalue weighted by Crippen LogP contribution is 2.35. The molecule has 1 unspecified atom stereocenters. The Labute approximate surface area is 174 Å². The third kappa shape index (κ3) is 4.75. The van der Waals surface area contributed by atoms with E-state index >= 15 is 0 Å². The first kappa shape index (κ1) is 21.2. The molecule has 0 saturated heterocycles. The summed E-state index contributed by atoms with van der Waals surface area (Å²) in [6.07, 6.45) is 7.17. The number of benzene rings is 2. The third-order valence-corrected chi connectivity index (χ3v) is 6.89. The van der Waals surface area contributed by atoms with Crippen LogP contribution in [-0.4, -0.2) is 27.7 Å². The fraction of sp³-hybridized carbons (Fsp3) is 0.391. The number of nitrogens with one attached hydrogen (secondary N) is 1. The van der Waals surface area contributed by atoms with Crippen molar-refractivity contribution in [2.75, 3.05) is 6.54 Å². The predicted octanol–water partition coefficient (Wildman–Crippen LogP) is 4.55. The summed E-state index contributed by atoms with van der Waals surface area (Å²) in [6.45, 7) is 2.68. The van der Waals surface area contributed by atoms with E-state index in [0.717, 1.165) is 24.8 Å². The summed E-state index contributed by atoms with van der Waals surface area (Å²) in [4.78, 5) is 25.6. The normalized spacial score (nSPS) is 14.7. The highest BCUT2D eigenvalue weighted by molar-refractivity contribution is 7.85. The number of fused-ring (bicyclic) bond motifs is 2. The topological polar surface area (TPSA) is 83.5 Å². The fourth-order valence-corrected chi connectivity index (χ4v) is 5.29. The van der Waals surface area contributed by atoms with Crippen molar-refractivity contribution >= 4 is 22.7 Å². The number of hydrogen-bond donors (Lipinski definition) is 2. The molecule has 3 rings (SSSR count). The molecule has 154 valence electrons. The van der Waals surface area contributed by atoms with Gasteiger partial charge in [0.15, 0.2) is 0 Å². The summed E-state index contributed by atoms with van der Waals surface area (Å²) < 4.78 is 13.1. The zero-order valence-electron chi connectivity index (χ0n) is 16.7. The van der Waals surface area contributed by atoms with Gasteiger partial charge in [-0.15, -0.1) is 0 Å². The van der Waals surface area contributed by atoms with Crippen LogP contribution in [0.1, 0.15) is 77.3 Å². The molecule has 1 atom stereocenters. The largest absolute Gasteiger partial charge is 0.478 e. The molecule has 1 amide bonds. The molecule has 0 aromatic heterocycles. The van der Waals surface area contributed by atoms with Crippen LogP contribution in [0, 0.1) is 0 Å². The minimum absolute atomic E-state index is 0.0787. The summed E-state index contributed by atoms with van der Waals surface area (Å²) in [6, 6.07) is 10.6. The lowest BCUT2D eigenvalue weighted by molar-refractivity contribution is 0.0686. The second-order valence-corrected chi connectivity index (χ2v) is 8.74. The maximum atomic E-state index is 13.1. The van der Waals surface area contributed by atoms with Gasteiger partial charge in [0.05, 0.1) is 26.8 Å². The van der Waals surface area contributed by atoms with Crippen LogP contribution in [-0.2, 0) is 17.2 Å². The Morgan fingerprint density at radius 2 is 1.72 bits per heavy atom. The fourth-order valence-electron chi connectivity index (χ4n) is 3.73. The summed E-state index contributed by atoms with van der Waals surface area (Å²) in [5.74, 6) is -1.64. The van der Waals surface area contributed by atoms with Crippen LogP contribution in [0.3, 0.4) is 0 Å². The van der Waals surface area contributed by atoms with Crippen LogP contribution < -0.4 is 5.32 Å². The van der Waals surface area contributed by atoms with E-state index in [9.17, 15) is 18.9 Å². The molecule has 0 saturated carbocycles. The van der Waals surface area contributed by atoms with Gasteiger partial charge in [-0.2, -0.15) is 0 Å². The molecule has 2 N–H and O–H groups in total. The van der Waals surface area contributed by atoms with Gasteiger partial charge in [-0.25, -0.2) is 9.00 Å². The van der Waals surface area contributed by atoms with Crippen molar-refractivity contribution in [1.29, 1.82) is 0 Å².